The minimum atomic E-state index is -0.0823. The lowest BCUT2D eigenvalue weighted by Crippen LogP contribution is -2.36. The Labute approximate surface area is 180 Å². The van der Waals surface area contributed by atoms with Crippen molar-refractivity contribution >= 4 is 29.0 Å². The molecule has 0 atom stereocenters. The number of morpholine rings is 1. The van der Waals surface area contributed by atoms with Crippen molar-refractivity contribution in [3.05, 3.63) is 72.2 Å². The Kier molecular flexibility index (Phi) is 6.61. The summed E-state index contributed by atoms with van der Waals surface area (Å²) in [5, 5.41) is 3.69. The van der Waals surface area contributed by atoms with E-state index in [0.29, 0.717) is 6.42 Å². The second kappa shape index (κ2) is 9.73. The molecule has 0 unspecified atom stereocenters. The third-order valence-corrected chi connectivity index (χ3v) is 5.66. The van der Waals surface area contributed by atoms with Gasteiger partial charge in [-0.05, 0) is 42.0 Å². The maximum atomic E-state index is 11.3. The van der Waals surface area contributed by atoms with E-state index in [4.69, 9.17) is 9.72 Å². The Morgan fingerprint density at radius 3 is 2.70 bits per heavy atom. The average molecular weight is 421 g/mol. The van der Waals surface area contributed by atoms with Crippen molar-refractivity contribution in [2.24, 2.45) is 0 Å². The van der Waals surface area contributed by atoms with Crippen LogP contribution in [0.4, 0.5) is 11.4 Å². The lowest BCUT2D eigenvalue weighted by Gasteiger charge is -2.28. The number of nitrogens with one attached hydrogen (secondary N) is 1. The van der Waals surface area contributed by atoms with Gasteiger partial charge in [0, 0.05) is 48.9 Å². The monoisotopic (exact) mass is 420 g/mol. The van der Waals surface area contributed by atoms with Crippen LogP contribution >= 0.6 is 11.8 Å². The molecule has 1 amide bonds. The van der Waals surface area contributed by atoms with Crippen molar-refractivity contribution in [1.82, 2.24) is 9.97 Å². The van der Waals surface area contributed by atoms with Gasteiger partial charge in [0.15, 0.2) is 0 Å². The van der Waals surface area contributed by atoms with Crippen LogP contribution in [0.25, 0.3) is 0 Å². The molecular formula is C23H24N4O2S. The SMILES string of the molecule is CC(=O)Nc1cccc(Sc2ccnc(Cc3ccc(N4CCOCC4)cc3)n2)c1. The quantitative estimate of drug-likeness (QED) is 0.608. The van der Waals surface area contributed by atoms with Crippen LogP contribution in [-0.2, 0) is 16.0 Å². The summed E-state index contributed by atoms with van der Waals surface area (Å²) in [6, 6.07) is 18.2. The summed E-state index contributed by atoms with van der Waals surface area (Å²) in [6.45, 7) is 4.95. The zero-order chi connectivity index (χ0) is 20.8. The number of nitrogens with zero attached hydrogens (tertiary/aromatic N) is 3. The second-order valence-corrected chi connectivity index (χ2v) is 8.16. The third-order valence-electron chi connectivity index (χ3n) is 4.73. The van der Waals surface area contributed by atoms with Crippen molar-refractivity contribution in [2.75, 3.05) is 36.5 Å². The molecule has 1 N–H and O–H groups in total. The largest absolute Gasteiger partial charge is 0.378 e. The van der Waals surface area contributed by atoms with Gasteiger partial charge in [0.1, 0.15) is 10.9 Å². The molecule has 0 spiro atoms. The molecular weight excluding hydrogens is 396 g/mol. The number of rotatable bonds is 6. The molecule has 2 heterocycles. The number of ether oxygens (including phenoxy) is 1. The third kappa shape index (κ3) is 5.58. The highest BCUT2D eigenvalue weighted by Crippen LogP contribution is 2.28. The van der Waals surface area contributed by atoms with Crippen molar-refractivity contribution in [1.29, 1.82) is 0 Å². The Morgan fingerprint density at radius 1 is 1.13 bits per heavy atom. The van der Waals surface area contributed by atoms with E-state index in [1.165, 1.54) is 18.2 Å². The maximum Gasteiger partial charge on any atom is 0.221 e. The number of benzene rings is 2. The van der Waals surface area contributed by atoms with Gasteiger partial charge in [-0.25, -0.2) is 9.97 Å². The molecule has 7 heteroatoms. The topological polar surface area (TPSA) is 67.4 Å². The predicted octanol–water partition coefficient (Wildman–Crippen LogP) is 4.01. The van der Waals surface area contributed by atoms with E-state index < -0.39 is 0 Å². The highest BCUT2D eigenvalue weighted by atomic mass is 32.2. The predicted molar refractivity (Wildman–Crippen MR) is 119 cm³/mol. The molecule has 154 valence electrons. The van der Waals surface area contributed by atoms with Gasteiger partial charge < -0.3 is 15.0 Å². The van der Waals surface area contributed by atoms with E-state index in [1.807, 2.05) is 30.3 Å². The fourth-order valence-electron chi connectivity index (χ4n) is 3.31. The standard InChI is InChI=1S/C23H24N4O2S/c1-17(28)25-19-3-2-4-21(16-19)30-23-9-10-24-22(26-23)15-18-5-7-20(8-6-18)27-11-13-29-14-12-27/h2-10,16H,11-15H2,1H3,(H,25,28). The van der Waals surface area contributed by atoms with Crippen LogP contribution in [0.5, 0.6) is 0 Å². The van der Waals surface area contributed by atoms with Crippen molar-refractivity contribution in [3.8, 4) is 0 Å². The summed E-state index contributed by atoms with van der Waals surface area (Å²) in [5.74, 6) is 0.707. The summed E-state index contributed by atoms with van der Waals surface area (Å²) in [4.78, 5) is 23.8. The zero-order valence-corrected chi connectivity index (χ0v) is 17.7. The highest BCUT2D eigenvalue weighted by Gasteiger charge is 2.11. The molecule has 0 aliphatic carbocycles. The lowest BCUT2D eigenvalue weighted by atomic mass is 10.1. The fraction of sp³-hybridized carbons (Fsp3) is 0.261. The number of hydrogen-bond donors (Lipinski definition) is 1. The number of hydrogen-bond acceptors (Lipinski definition) is 6. The molecule has 4 rings (SSSR count). The van der Waals surface area contributed by atoms with E-state index in [-0.39, 0.29) is 5.91 Å². The maximum absolute atomic E-state index is 11.3. The lowest BCUT2D eigenvalue weighted by molar-refractivity contribution is -0.114. The summed E-state index contributed by atoms with van der Waals surface area (Å²) >= 11 is 1.55. The van der Waals surface area contributed by atoms with Gasteiger partial charge >= 0.3 is 0 Å². The van der Waals surface area contributed by atoms with E-state index >= 15 is 0 Å². The first-order valence-electron chi connectivity index (χ1n) is 9.95. The Morgan fingerprint density at radius 2 is 1.93 bits per heavy atom. The van der Waals surface area contributed by atoms with Gasteiger partial charge in [-0.15, -0.1) is 0 Å². The van der Waals surface area contributed by atoms with Gasteiger partial charge in [0.2, 0.25) is 5.91 Å². The smallest absolute Gasteiger partial charge is 0.221 e. The molecule has 1 saturated heterocycles. The summed E-state index contributed by atoms with van der Waals surface area (Å²) in [6.07, 6.45) is 2.48. The van der Waals surface area contributed by atoms with Crippen LogP contribution < -0.4 is 10.2 Å². The fourth-order valence-corrected chi connectivity index (χ4v) is 4.17. The molecule has 0 bridgehead atoms. The number of anilines is 2. The molecule has 2 aromatic carbocycles. The molecule has 30 heavy (non-hydrogen) atoms. The van der Waals surface area contributed by atoms with E-state index in [2.05, 4.69) is 39.5 Å². The first kappa shape index (κ1) is 20.4. The van der Waals surface area contributed by atoms with Crippen LogP contribution in [0.1, 0.15) is 18.3 Å². The average Bonchev–Trinajstić information content (AvgIpc) is 2.75. The molecule has 1 fully saturated rings. The molecule has 0 saturated carbocycles. The normalized spacial score (nSPS) is 13.8. The highest BCUT2D eigenvalue weighted by molar-refractivity contribution is 7.99. The Hall–Kier alpha value is -2.90. The second-order valence-electron chi connectivity index (χ2n) is 7.06. The Balaban J connectivity index is 1.41. The first-order chi connectivity index (χ1) is 14.7. The molecule has 6 nitrogen and oxygen atoms in total. The van der Waals surface area contributed by atoms with Crippen LogP contribution in [-0.4, -0.2) is 42.2 Å². The van der Waals surface area contributed by atoms with Gasteiger partial charge in [-0.3, -0.25) is 4.79 Å². The number of amides is 1. The van der Waals surface area contributed by atoms with Gasteiger partial charge in [-0.1, -0.05) is 30.0 Å². The molecule has 1 aliphatic heterocycles. The molecule has 1 aromatic heterocycles. The van der Waals surface area contributed by atoms with Crippen LogP contribution in [0.3, 0.4) is 0 Å². The molecule has 3 aromatic rings. The molecule has 1 aliphatic rings. The van der Waals surface area contributed by atoms with E-state index in [0.717, 1.165) is 47.7 Å². The van der Waals surface area contributed by atoms with Crippen molar-refractivity contribution in [2.45, 2.75) is 23.3 Å². The van der Waals surface area contributed by atoms with Gasteiger partial charge in [0.25, 0.3) is 0 Å². The summed E-state index contributed by atoms with van der Waals surface area (Å²) < 4.78 is 5.42. The van der Waals surface area contributed by atoms with E-state index in [1.54, 1.807) is 18.0 Å². The van der Waals surface area contributed by atoms with Crippen LogP contribution in [0.15, 0.2) is 70.7 Å². The van der Waals surface area contributed by atoms with E-state index in [9.17, 15) is 4.79 Å². The first-order valence-corrected chi connectivity index (χ1v) is 10.8. The van der Waals surface area contributed by atoms with Gasteiger partial charge in [0.05, 0.1) is 13.2 Å². The Bertz CT molecular complexity index is 1000. The van der Waals surface area contributed by atoms with Crippen LogP contribution in [0, 0.1) is 0 Å². The summed E-state index contributed by atoms with van der Waals surface area (Å²) in [5.41, 5.74) is 3.19. The minimum absolute atomic E-state index is 0.0823. The van der Waals surface area contributed by atoms with Crippen molar-refractivity contribution < 1.29 is 9.53 Å². The van der Waals surface area contributed by atoms with Crippen molar-refractivity contribution in [3.63, 3.8) is 0 Å². The van der Waals surface area contributed by atoms with Gasteiger partial charge in [-0.2, -0.15) is 0 Å². The minimum Gasteiger partial charge on any atom is -0.378 e. The number of carbonyl (C=O) groups is 1. The number of aromatic nitrogens is 2. The zero-order valence-electron chi connectivity index (χ0n) is 16.9. The number of carbonyl (C=O) groups excluding carboxylic acids is 1. The van der Waals surface area contributed by atoms with Crippen LogP contribution in [0.2, 0.25) is 0 Å². The summed E-state index contributed by atoms with van der Waals surface area (Å²) in [7, 11) is 0. The molecule has 0 radical (unpaired) electrons.